The molecule has 0 aliphatic rings. The maximum absolute atomic E-state index is 12.5. The van der Waals surface area contributed by atoms with E-state index in [-0.39, 0.29) is 25.5 Å². The van der Waals surface area contributed by atoms with Crippen LogP contribution in [-0.4, -0.2) is 36.6 Å². The van der Waals surface area contributed by atoms with Gasteiger partial charge < -0.3 is 4.74 Å². The van der Waals surface area contributed by atoms with Gasteiger partial charge in [-0.15, -0.1) is 0 Å². The molecule has 122 valence electrons. The van der Waals surface area contributed by atoms with Gasteiger partial charge in [0.25, 0.3) is 13.3 Å². The van der Waals surface area contributed by atoms with Gasteiger partial charge in [0.2, 0.25) is 0 Å². The number of benzene rings is 1. The number of allylic oxidation sites excluding steroid dienone is 2. The molecule has 0 radical (unpaired) electrons. The topological polar surface area (TPSA) is 55.3 Å². The first kappa shape index (κ1) is 18.7. The number of hydrogen-bond acceptors (Lipinski definition) is 4. The fourth-order valence-electron chi connectivity index (χ4n) is 1.77. The van der Waals surface area contributed by atoms with Gasteiger partial charge in [0.1, 0.15) is 5.57 Å². The van der Waals surface area contributed by atoms with Crippen LogP contribution in [0.5, 0.6) is 0 Å². The predicted octanol–water partition coefficient (Wildman–Crippen LogP) is 2.93. The number of rotatable bonds is 8. The number of nitrogens with zero attached hydrogens (tertiary/aromatic N) is 3. The predicted molar refractivity (Wildman–Crippen MR) is 89.4 cm³/mol. The Balaban J connectivity index is 3.05. The summed E-state index contributed by atoms with van der Waals surface area (Å²) < 4.78 is 4.93. The van der Waals surface area contributed by atoms with Crippen molar-refractivity contribution < 1.29 is 14.3 Å². The average Bonchev–Trinajstić information content (AvgIpc) is 2.59. The van der Waals surface area contributed by atoms with E-state index in [1.54, 1.807) is 37.3 Å². The van der Waals surface area contributed by atoms with E-state index in [2.05, 4.69) is 9.69 Å². The van der Waals surface area contributed by atoms with Gasteiger partial charge in [0, 0.05) is 11.8 Å². The largest absolute Gasteiger partial charge is 0.462 e. The quantitative estimate of drug-likeness (QED) is 0.140. The highest BCUT2D eigenvalue weighted by Crippen LogP contribution is 2.11. The Bertz CT molecular complexity index is 693. The van der Waals surface area contributed by atoms with Gasteiger partial charge in [0.05, 0.1) is 6.61 Å². The van der Waals surface area contributed by atoms with Crippen molar-refractivity contribution in [2.45, 2.75) is 6.92 Å². The van der Waals surface area contributed by atoms with E-state index >= 15 is 0 Å². The molecule has 0 unspecified atom stereocenters. The lowest BCUT2D eigenvalue weighted by Gasteiger charge is -2.06. The summed E-state index contributed by atoms with van der Waals surface area (Å²) in [5.74, 6) is -1.15. The van der Waals surface area contributed by atoms with Gasteiger partial charge in [0.15, 0.2) is 5.78 Å². The van der Waals surface area contributed by atoms with Crippen molar-refractivity contribution >= 4 is 11.8 Å². The number of carbonyl (C=O) groups excluding carboxylic acids is 2. The first-order valence-electron chi connectivity index (χ1n) is 7.19. The number of ketones is 1. The van der Waals surface area contributed by atoms with Crippen molar-refractivity contribution in [2.75, 3.05) is 19.9 Å². The summed E-state index contributed by atoms with van der Waals surface area (Å²) in [5.41, 5.74) is 0.272. The van der Waals surface area contributed by atoms with Crippen molar-refractivity contribution in [3.05, 3.63) is 82.7 Å². The summed E-state index contributed by atoms with van der Waals surface area (Å²) in [4.78, 5) is 32.4. The summed E-state index contributed by atoms with van der Waals surface area (Å²) in [6.45, 7) is 15.5. The van der Waals surface area contributed by atoms with Crippen LogP contribution >= 0.6 is 0 Å². The molecule has 0 N–H and O–H groups in total. The van der Waals surface area contributed by atoms with Crippen molar-refractivity contribution in [3.63, 3.8) is 0 Å². The normalized spacial score (nSPS) is 10.7. The third kappa shape index (κ3) is 5.78. The molecule has 24 heavy (non-hydrogen) atoms. The van der Waals surface area contributed by atoms with E-state index in [0.29, 0.717) is 5.56 Å². The first-order chi connectivity index (χ1) is 11.6. The van der Waals surface area contributed by atoms with Gasteiger partial charge >= 0.3 is 5.97 Å². The average molecular weight is 323 g/mol. The molecule has 1 rings (SSSR count). The van der Waals surface area contributed by atoms with Crippen LogP contribution in [0.2, 0.25) is 0 Å². The highest BCUT2D eigenvalue weighted by atomic mass is 16.5. The van der Waals surface area contributed by atoms with E-state index in [9.17, 15) is 9.59 Å². The Morgan fingerprint density at radius 2 is 1.79 bits per heavy atom. The maximum atomic E-state index is 12.5. The Morgan fingerprint density at radius 1 is 1.17 bits per heavy atom. The van der Waals surface area contributed by atoms with E-state index in [4.69, 9.17) is 17.9 Å². The molecule has 0 heterocycles. The van der Waals surface area contributed by atoms with Crippen LogP contribution in [0.1, 0.15) is 17.3 Å². The second kappa shape index (κ2) is 10.4. The monoisotopic (exact) mass is 323 g/mol. The molecule has 1 aromatic rings. The van der Waals surface area contributed by atoms with Crippen LogP contribution in [0.15, 0.2) is 54.3 Å². The minimum absolute atomic E-state index is 0.0219. The molecule has 0 aliphatic carbocycles. The van der Waals surface area contributed by atoms with E-state index in [1.165, 1.54) is 23.3 Å². The van der Waals surface area contributed by atoms with Crippen molar-refractivity contribution in [1.29, 1.82) is 0 Å². The zero-order valence-electron chi connectivity index (χ0n) is 13.3. The van der Waals surface area contributed by atoms with E-state index in [1.807, 2.05) is 0 Å². The van der Waals surface area contributed by atoms with Gasteiger partial charge in [-0.25, -0.2) is 22.8 Å². The summed E-state index contributed by atoms with van der Waals surface area (Å²) >= 11 is 0. The third-order valence-corrected chi connectivity index (χ3v) is 2.84. The number of Topliss-reactive ketones (excluding diaryl/α,β-unsaturated/α-hetero) is 1. The number of hydrogen-bond donors (Lipinski definition) is 0. The highest BCUT2D eigenvalue weighted by Gasteiger charge is 2.20. The molecule has 0 atom stereocenters. The molecule has 0 saturated carbocycles. The minimum Gasteiger partial charge on any atom is -0.462 e. The zero-order valence-corrected chi connectivity index (χ0v) is 13.3. The Kier molecular flexibility index (Phi) is 8.06. The Hall–Kier alpha value is -3.38. The molecule has 0 spiro atoms. The van der Waals surface area contributed by atoms with Crippen LogP contribution in [0.3, 0.4) is 0 Å². The standard InChI is InChI=1S/C18H17N3O3/c1-4-24-18(23)16(17(22)15-9-6-5-7-10-15)11-8-12-21(13-19-2)14-20-3/h5-12H,4,13-14H2,1H3/b12-8+,16-11+. The van der Waals surface area contributed by atoms with Crippen LogP contribution in [0, 0.1) is 13.1 Å². The fraction of sp³-hybridized carbons (Fsp3) is 0.222. The van der Waals surface area contributed by atoms with Gasteiger partial charge in [-0.3, -0.25) is 14.5 Å². The lowest BCUT2D eigenvalue weighted by atomic mass is 10.0. The second-order valence-corrected chi connectivity index (χ2v) is 4.53. The van der Waals surface area contributed by atoms with Crippen LogP contribution in [0.4, 0.5) is 0 Å². The summed E-state index contributed by atoms with van der Waals surface area (Å²) in [6, 6.07) is 8.42. The zero-order chi connectivity index (χ0) is 17.8. The number of carbonyl (C=O) groups is 2. The van der Waals surface area contributed by atoms with Gasteiger partial charge in [-0.2, -0.15) is 0 Å². The van der Waals surface area contributed by atoms with Gasteiger partial charge in [-0.1, -0.05) is 30.3 Å². The van der Waals surface area contributed by atoms with Crippen molar-refractivity contribution in [1.82, 2.24) is 4.90 Å². The fourth-order valence-corrected chi connectivity index (χ4v) is 1.77. The molecular formula is C18H17N3O3. The first-order valence-corrected chi connectivity index (χ1v) is 7.19. The molecule has 6 heteroatoms. The molecular weight excluding hydrogens is 306 g/mol. The van der Waals surface area contributed by atoms with Crippen molar-refractivity contribution in [3.8, 4) is 0 Å². The lowest BCUT2D eigenvalue weighted by molar-refractivity contribution is -0.138. The van der Waals surface area contributed by atoms with Crippen LogP contribution in [-0.2, 0) is 9.53 Å². The van der Waals surface area contributed by atoms with Gasteiger partial charge in [-0.05, 0) is 19.1 Å². The molecule has 1 aromatic carbocycles. The summed E-state index contributed by atoms with van der Waals surface area (Å²) in [7, 11) is 0. The molecule has 6 nitrogen and oxygen atoms in total. The second-order valence-electron chi connectivity index (χ2n) is 4.53. The molecule has 0 amide bonds. The van der Waals surface area contributed by atoms with Crippen LogP contribution in [0.25, 0.3) is 9.69 Å². The third-order valence-electron chi connectivity index (χ3n) is 2.84. The molecule has 0 bridgehead atoms. The molecule has 0 aliphatic heterocycles. The molecule has 0 saturated heterocycles. The van der Waals surface area contributed by atoms with E-state index < -0.39 is 11.8 Å². The SMILES string of the molecule is [C-]#[N+]CN(/C=C/C=C(/C(=O)OCC)C(=O)c1ccccc1)C[N+]#[C-]. The number of esters is 1. The van der Waals surface area contributed by atoms with E-state index in [0.717, 1.165) is 0 Å². The Labute approximate surface area is 141 Å². The van der Waals surface area contributed by atoms with Crippen molar-refractivity contribution in [2.24, 2.45) is 0 Å². The highest BCUT2D eigenvalue weighted by molar-refractivity contribution is 6.24. The van der Waals surface area contributed by atoms with Crippen LogP contribution < -0.4 is 0 Å². The maximum Gasteiger partial charge on any atom is 0.342 e. The Morgan fingerprint density at radius 3 is 2.33 bits per heavy atom. The number of ether oxygens (including phenoxy) is 1. The molecule has 0 fully saturated rings. The minimum atomic E-state index is -0.710. The molecule has 0 aromatic heterocycles. The summed E-state index contributed by atoms with van der Waals surface area (Å²) in [6.07, 6.45) is 4.30. The lowest BCUT2D eigenvalue weighted by Crippen LogP contribution is -2.17. The summed E-state index contributed by atoms with van der Waals surface area (Å²) in [5, 5.41) is 0. The smallest absolute Gasteiger partial charge is 0.342 e.